The number of aromatic nitrogens is 1. The number of aliphatic hydroxyl groups is 1. The molecule has 0 unspecified atom stereocenters. The molecule has 0 spiro atoms. The molecular formula is C26H29F3N4O5S. The van der Waals surface area contributed by atoms with Gasteiger partial charge in [-0.05, 0) is 48.4 Å². The van der Waals surface area contributed by atoms with Crippen molar-refractivity contribution in [3.8, 4) is 5.75 Å². The number of aliphatic hydroxyl groups excluding tert-OH is 1. The summed E-state index contributed by atoms with van der Waals surface area (Å²) in [7, 11) is 1.57. The fourth-order valence-corrected chi connectivity index (χ4v) is 5.31. The lowest BCUT2D eigenvalue weighted by atomic mass is 10.0. The van der Waals surface area contributed by atoms with Crippen molar-refractivity contribution in [3.05, 3.63) is 45.8 Å². The minimum atomic E-state index is -4.64. The Bertz CT molecular complexity index is 1360. The molecule has 1 aromatic carbocycles. The summed E-state index contributed by atoms with van der Waals surface area (Å²) in [5.41, 5.74) is 2.01. The largest absolute Gasteiger partial charge is 0.481 e. The van der Waals surface area contributed by atoms with Crippen LogP contribution in [0.15, 0.2) is 29.0 Å². The Hall–Kier alpha value is -3.58. The molecule has 4 rings (SSSR count). The number of anilines is 1. The third-order valence-corrected chi connectivity index (χ3v) is 7.39. The lowest BCUT2D eigenvalue weighted by Gasteiger charge is -2.32. The number of nitrogens with zero attached hydrogens (tertiary/aromatic N) is 2. The standard InChI is InChI=1S/C26H29F3N4O5S/c1-3-15-10-20-18(11-19(15)31-24(36)16-6-9-39-13-16)23(38-14-26(27,28)29)22(32(20)2)25(37)30-17-4-7-33(8-5-17)21(35)12-34/h6,9-11,13,17,34H,3-5,7-8,12,14H2,1-2H3,(H,30,37)(H,31,36). The summed E-state index contributed by atoms with van der Waals surface area (Å²) >= 11 is 1.36. The first-order chi connectivity index (χ1) is 18.5. The van der Waals surface area contributed by atoms with Gasteiger partial charge in [-0.1, -0.05) is 6.92 Å². The van der Waals surface area contributed by atoms with E-state index in [0.717, 1.165) is 5.56 Å². The van der Waals surface area contributed by atoms with Gasteiger partial charge in [0.1, 0.15) is 6.61 Å². The molecular weight excluding hydrogens is 537 g/mol. The van der Waals surface area contributed by atoms with E-state index >= 15 is 0 Å². The molecule has 2 aromatic heterocycles. The first-order valence-corrected chi connectivity index (χ1v) is 13.3. The van der Waals surface area contributed by atoms with Crippen LogP contribution in [0.5, 0.6) is 5.75 Å². The molecule has 210 valence electrons. The second-order valence-electron chi connectivity index (χ2n) is 9.27. The van der Waals surface area contributed by atoms with Gasteiger partial charge < -0.3 is 29.9 Å². The molecule has 1 saturated heterocycles. The average molecular weight is 567 g/mol. The summed E-state index contributed by atoms with van der Waals surface area (Å²) in [6.45, 7) is 0.364. The number of amides is 3. The number of likely N-dealkylation sites (tertiary alicyclic amines) is 1. The number of carbonyl (C=O) groups excluding carboxylic acids is 3. The van der Waals surface area contributed by atoms with Gasteiger partial charge >= 0.3 is 6.18 Å². The maximum absolute atomic E-state index is 13.4. The lowest BCUT2D eigenvalue weighted by Crippen LogP contribution is -2.47. The van der Waals surface area contributed by atoms with Gasteiger partial charge in [-0.25, -0.2) is 0 Å². The van der Waals surface area contributed by atoms with E-state index in [1.54, 1.807) is 36.0 Å². The van der Waals surface area contributed by atoms with Gasteiger partial charge in [0.15, 0.2) is 18.1 Å². The van der Waals surface area contributed by atoms with Gasteiger partial charge in [0.2, 0.25) is 5.91 Å². The summed E-state index contributed by atoms with van der Waals surface area (Å²) < 4.78 is 46.2. The molecule has 1 fully saturated rings. The molecule has 13 heteroatoms. The van der Waals surface area contributed by atoms with E-state index in [1.165, 1.54) is 20.8 Å². The molecule has 0 aliphatic carbocycles. The lowest BCUT2D eigenvalue weighted by molar-refractivity contribution is -0.153. The number of rotatable bonds is 8. The summed E-state index contributed by atoms with van der Waals surface area (Å²) in [5, 5.41) is 18.4. The van der Waals surface area contributed by atoms with E-state index in [1.807, 2.05) is 6.92 Å². The van der Waals surface area contributed by atoms with Gasteiger partial charge in [-0.15, -0.1) is 0 Å². The Morgan fingerprint density at radius 2 is 1.90 bits per heavy atom. The minimum Gasteiger partial charge on any atom is -0.481 e. The Balaban J connectivity index is 1.68. The third-order valence-electron chi connectivity index (χ3n) is 6.70. The van der Waals surface area contributed by atoms with Crippen LogP contribution in [0.1, 0.15) is 46.2 Å². The van der Waals surface area contributed by atoms with Crippen LogP contribution >= 0.6 is 11.3 Å². The number of alkyl halides is 3. The normalized spacial score (nSPS) is 14.5. The van der Waals surface area contributed by atoms with Crippen molar-refractivity contribution in [2.75, 3.05) is 31.6 Å². The van der Waals surface area contributed by atoms with Gasteiger partial charge in [0, 0.05) is 42.6 Å². The van der Waals surface area contributed by atoms with Crippen molar-refractivity contribution in [3.63, 3.8) is 0 Å². The highest BCUT2D eigenvalue weighted by Gasteiger charge is 2.33. The monoisotopic (exact) mass is 566 g/mol. The molecule has 3 aromatic rings. The van der Waals surface area contributed by atoms with Crippen molar-refractivity contribution in [1.29, 1.82) is 0 Å². The van der Waals surface area contributed by atoms with Crippen molar-refractivity contribution in [1.82, 2.24) is 14.8 Å². The van der Waals surface area contributed by atoms with Crippen molar-refractivity contribution in [2.45, 2.75) is 38.4 Å². The quantitative estimate of drug-likeness (QED) is 0.385. The summed E-state index contributed by atoms with van der Waals surface area (Å²) in [6, 6.07) is 4.62. The second kappa shape index (κ2) is 11.7. The van der Waals surface area contributed by atoms with Crippen LogP contribution in [0.2, 0.25) is 0 Å². The zero-order valence-electron chi connectivity index (χ0n) is 21.4. The molecule has 3 amide bonds. The number of halogens is 3. The molecule has 9 nitrogen and oxygen atoms in total. The number of hydrogen-bond donors (Lipinski definition) is 3. The van der Waals surface area contributed by atoms with Gasteiger partial charge in [-0.3, -0.25) is 14.4 Å². The van der Waals surface area contributed by atoms with Crippen LogP contribution in [0.4, 0.5) is 18.9 Å². The topological polar surface area (TPSA) is 113 Å². The predicted molar refractivity (Wildman–Crippen MR) is 140 cm³/mol. The van der Waals surface area contributed by atoms with Crippen molar-refractivity contribution >= 4 is 45.6 Å². The average Bonchev–Trinajstić information content (AvgIpc) is 3.53. The molecule has 0 radical (unpaired) electrons. The maximum atomic E-state index is 13.4. The number of ether oxygens (including phenoxy) is 1. The molecule has 1 aliphatic heterocycles. The maximum Gasteiger partial charge on any atom is 0.422 e. The Morgan fingerprint density at radius 1 is 1.18 bits per heavy atom. The Labute approximate surface area is 226 Å². The molecule has 0 bridgehead atoms. The van der Waals surface area contributed by atoms with E-state index in [0.29, 0.717) is 49.1 Å². The number of carbonyl (C=O) groups is 3. The van der Waals surface area contributed by atoms with E-state index in [4.69, 9.17) is 9.84 Å². The number of nitrogens with one attached hydrogen (secondary N) is 2. The van der Waals surface area contributed by atoms with Gasteiger partial charge in [0.05, 0.1) is 11.1 Å². The zero-order chi connectivity index (χ0) is 28.3. The first-order valence-electron chi connectivity index (χ1n) is 12.4. The van der Waals surface area contributed by atoms with Crippen molar-refractivity contribution < 1.29 is 37.4 Å². The second-order valence-corrected chi connectivity index (χ2v) is 10.1. The molecule has 3 heterocycles. The van der Waals surface area contributed by atoms with E-state index < -0.39 is 31.2 Å². The smallest absolute Gasteiger partial charge is 0.422 e. The number of thiophene rings is 1. The van der Waals surface area contributed by atoms with Crippen molar-refractivity contribution in [2.24, 2.45) is 7.05 Å². The van der Waals surface area contributed by atoms with E-state index in [-0.39, 0.29) is 28.8 Å². The van der Waals surface area contributed by atoms with Crippen LogP contribution in [-0.2, 0) is 18.3 Å². The zero-order valence-corrected chi connectivity index (χ0v) is 22.2. The molecule has 1 aliphatic rings. The Kier molecular flexibility index (Phi) is 8.50. The van der Waals surface area contributed by atoms with Crippen LogP contribution < -0.4 is 15.4 Å². The Morgan fingerprint density at radius 3 is 2.49 bits per heavy atom. The number of fused-ring (bicyclic) bond motifs is 1. The fourth-order valence-electron chi connectivity index (χ4n) is 4.67. The number of hydrogen-bond acceptors (Lipinski definition) is 6. The molecule has 3 N–H and O–H groups in total. The van der Waals surface area contributed by atoms with Crippen LogP contribution in [0.25, 0.3) is 10.9 Å². The highest BCUT2D eigenvalue weighted by molar-refractivity contribution is 7.08. The number of benzene rings is 1. The van der Waals surface area contributed by atoms with Crippen LogP contribution in [0.3, 0.4) is 0 Å². The minimum absolute atomic E-state index is 0.0773. The van der Waals surface area contributed by atoms with Crippen LogP contribution in [-0.4, -0.2) is 70.8 Å². The van der Waals surface area contributed by atoms with E-state index in [2.05, 4.69) is 10.6 Å². The van der Waals surface area contributed by atoms with Gasteiger partial charge in [-0.2, -0.15) is 24.5 Å². The summed E-state index contributed by atoms with van der Waals surface area (Å²) in [6.07, 6.45) is -3.26. The SMILES string of the molecule is CCc1cc2c(cc1NC(=O)c1ccsc1)c(OCC(F)(F)F)c(C(=O)NC1CCN(C(=O)CO)CC1)n2C. The highest BCUT2D eigenvalue weighted by Crippen LogP contribution is 2.38. The van der Waals surface area contributed by atoms with Crippen LogP contribution in [0, 0.1) is 0 Å². The first kappa shape index (κ1) is 28.4. The van der Waals surface area contributed by atoms with Gasteiger partial charge in [0.25, 0.3) is 11.8 Å². The number of piperidine rings is 1. The van der Waals surface area contributed by atoms with E-state index in [9.17, 15) is 27.6 Å². The summed E-state index contributed by atoms with van der Waals surface area (Å²) in [5.74, 6) is -1.60. The number of aryl methyl sites for hydroxylation is 2. The molecule has 0 saturated carbocycles. The third kappa shape index (κ3) is 6.36. The predicted octanol–water partition coefficient (Wildman–Crippen LogP) is 3.71. The molecule has 0 atom stereocenters. The molecule has 39 heavy (non-hydrogen) atoms. The summed E-state index contributed by atoms with van der Waals surface area (Å²) in [4.78, 5) is 39.3. The fraction of sp³-hybridized carbons (Fsp3) is 0.423. The highest BCUT2D eigenvalue weighted by atomic mass is 32.1.